The average Bonchev–Trinajstić information content (AvgIpc) is 2.41. The number of nitrogens with one attached hydrogen (secondary N) is 1. The summed E-state index contributed by atoms with van der Waals surface area (Å²) in [6.07, 6.45) is 1.48. The van der Waals surface area contributed by atoms with Crippen LogP contribution in [0.1, 0.15) is 5.56 Å². The number of aliphatic hydroxyl groups excluding tert-OH is 1. The van der Waals surface area contributed by atoms with Crippen molar-refractivity contribution in [1.82, 2.24) is 4.98 Å². The van der Waals surface area contributed by atoms with Crippen molar-refractivity contribution in [2.45, 2.75) is 11.5 Å². The Kier molecular flexibility index (Phi) is 4.64. The van der Waals surface area contributed by atoms with Gasteiger partial charge in [0.25, 0.3) is 10.0 Å². The minimum Gasteiger partial charge on any atom is -0.392 e. The molecule has 0 fully saturated rings. The number of rotatable bonds is 4. The molecule has 2 rings (SSSR count). The van der Waals surface area contributed by atoms with Crippen molar-refractivity contribution in [3.8, 4) is 0 Å². The van der Waals surface area contributed by atoms with Crippen LogP contribution in [-0.4, -0.2) is 18.5 Å². The van der Waals surface area contributed by atoms with Gasteiger partial charge in [-0.2, -0.15) is 0 Å². The van der Waals surface area contributed by atoms with Gasteiger partial charge in [-0.3, -0.25) is 4.72 Å². The molecule has 0 amide bonds. The van der Waals surface area contributed by atoms with E-state index in [1.54, 1.807) is 12.1 Å². The van der Waals surface area contributed by atoms with Crippen molar-refractivity contribution in [2.75, 3.05) is 4.72 Å². The SMILES string of the molecule is O=S(=O)(Nc1ncccc1Br)c1ccc(CO)c(Cl)c1. The summed E-state index contributed by atoms with van der Waals surface area (Å²) >= 11 is 9.10. The molecule has 20 heavy (non-hydrogen) atoms. The van der Waals surface area contributed by atoms with E-state index in [2.05, 4.69) is 25.6 Å². The molecule has 106 valence electrons. The largest absolute Gasteiger partial charge is 0.392 e. The molecule has 8 heteroatoms. The summed E-state index contributed by atoms with van der Waals surface area (Å²) in [7, 11) is -3.79. The first-order chi connectivity index (χ1) is 9.44. The molecule has 0 radical (unpaired) electrons. The molecule has 1 aromatic carbocycles. The Morgan fingerprint density at radius 1 is 1.35 bits per heavy atom. The number of benzene rings is 1. The molecule has 1 heterocycles. The van der Waals surface area contributed by atoms with E-state index in [9.17, 15) is 8.42 Å². The van der Waals surface area contributed by atoms with Gasteiger partial charge in [0.2, 0.25) is 0 Å². The molecule has 0 saturated carbocycles. The third kappa shape index (κ3) is 3.29. The second-order valence-electron chi connectivity index (χ2n) is 3.85. The number of nitrogens with zero attached hydrogens (tertiary/aromatic N) is 1. The lowest BCUT2D eigenvalue weighted by Gasteiger charge is -2.10. The van der Waals surface area contributed by atoms with E-state index in [4.69, 9.17) is 16.7 Å². The van der Waals surface area contributed by atoms with Crippen LogP contribution >= 0.6 is 27.5 Å². The van der Waals surface area contributed by atoms with Gasteiger partial charge in [0.15, 0.2) is 5.82 Å². The lowest BCUT2D eigenvalue weighted by molar-refractivity contribution is 0.282. The van der Waals surface area contributed by atoms with Gasteiger partial charge in [-0.25, -0.2) is 13.4 Å². The van der Waals surface area contributed by atoms with Crippen molar-refractivity contribution in [3.05, 3.63) is 51.6 Å². The van der Waals surface area contributed by atoms with Gasteiger partial charge in [-0.05, 0) is 45.8 Å². The van der Waals surface area contributed by atoms with Crippen LogP contribution in [0.4, 0.5) is 5.82 Å². The molecule has 0 bridgehead atoms. The Bertz CT molecular complexity index is 737. The normalized spacial score (nSPS) is 11.3. The number of sulfonamides is 1. The predicted octanol–water partition coefficient (Wildman–Crippen LogP) is 2.79. The zero-order chi connectivity index (χ0) is 14.8. The van der Waals surface area contributed by atoms with Crippen molar-refractivity contribution in [1.29, 1.82) is 0 Å². The molecule has 2 N–H and O–H groups in total. The van der Waals surface area contributed by atoms with Gasteiger partial charge >= 0.3 is 0 Å². The van der Waals surface area contributed by atoms with Crippen LogP contribution < -0.4 is 4.72 Å². The summed E-state index contributed by atoms with van der Waals surface area (Å²) in [5.74, 6) is 0.190. The Morgan fingerprint density at radius 2 is 2.10 bits per heavy atom. The smallest absolute Gasteiger partial charge is 0.263 e. The molecular weight excluding hydrogens is 368 g/mol. The maximum atomic E-state index is 12.2. The predicted molar refractivity (Wildman–Crippen MR) is 80.1 cm³/mol. The van der Waals surface area contributed by atoms with Crippen molar-refractivity contribution in [3.63, 3.8) is 0 Å². The van der Waals surface area contributed by atoms with Crippen LogP contribution in [-0.2, 0) is 16.6 Å². The van der Waals surface area contributed by atoms with E-state index >= 15 is 0 Å². The fraction of sp³-hybridized carbons (Fsp3) is 0.0833. The first-order valence-corrected chi connectivity index (χ1v) is 8.12. The first kappa shape index (κ1) is 15.2. The molecule has 0 saturated heterocycles. The van der Waals surface area contributed by atoms with Gasteiger partial charge < -0.3 is 5.11 Å². The number of hydrogen-bond donors (Lipinski definition) is 2. The maximum Gasteiger partial charge on any atom is 0.263 e. The molecule has 2 aromatic rings. The zero-order valence-electron chi connectivity index (χ0n) is 10.0. The number of halogens is 2. The summed E-state index contributed by atoms with van der Waals surface area (Å²) < 4.78 is 27.3. The Labute approximate surface area is 129 Å². The van der Waals surface area contributed by atoms with Crippen LogP contribution in [0, 0.1) is 0 Å². The number of hydrogen-bond acceptors (Lipinski definition) is 4. The lowest BCUT2D eigenvalue weighted by atomic mass is 10.2. The van der Waals surface area contributed by atoms with Gasteiger partial charge in [0.05, 0.1) is 16.0 Å². The minimum absolute atomic E-state index is 0.00254. The highest BCUT2D eigenvalue weighted by atomic mass is 79.9. The van der Waals surface area contributed by atoms with Crippen LogP contribution in [0.5, 0.6) is 0 Å². The molecule has 0 spiro atoms. The van der Waals surface area contributed by atoms with E-state index in [0.29, 0.717) is 10.0 Å². The van der Waals surface area contributed by atoms with E-state index < -0.39 is 10.0 Å². The van der Waals surface area contributed by atoms with E-state index in [1.807, 2.05) is 0 Å². The molecule has 0 aliphatic carbocycles. The number of pyridine rings is 1. The second kappa shape index (κ2) is 6.09. The summed E-state index contributed by atoms with van der Waals surface area (Å²) in [4.78, 5) is 3.93. The quantitative estimate of drug-likeness (QED) is 0.858. The summed E-state index contributed by atoms with van der Waals surface area (Å²) in [6.45, 7) is -0.252. The standard InChI is InChI=1S/C12H10BrClN2O3S/c13-10-2-1-5-15-12(10)16-20(18,19)9-4-3-8(7-17)11(14)6-9/h1-6,17H,7H2,(H,15,16). The molecule has 0 atom stereocenters. The molecular formula is C12H10BrClN2O3S. The van der Waals surface area contributed by atoms with Crippen molar-refractivity contribution >= 4 is 43.4 Å². The third-order valence-electron chi connectivity index (χ3n) is 2.49. The summed E-state index contributed by atoms with van der Waals surface area (Å²) in [6, 6.07) is 7.47. The zero-order valence-corrected chi connectivity index (χ0v) is 13.2. The second-order valence-corrected chi connectivity index (χ2v) is 6.79. The number of aliphatic hydroxyl groups is 1. The van der Waals surface area contributed by atoms with Crippen LogP contribution in [0.15, 0.2) is 45.9 Å². The Morgan fingerprint density at radius 3 is 2.70 bits per heavy atom. The Hall–Kier alpha value is -1.15. The molecule has 0 unspecified atom stereocenters. The summed E-state index contributed by atoms with van der Waals surface area (Å²) in [5, 5.41) is 9.21. The van der Waals surface area contributed by atoms with E-state index in [-0.39, 0.29) is 22.3 Å². The first-order valence-electron chi connectivity index (χ1n) is 5.46. The highest BCUT2D eigenvalue weighted by molar-refractivity contribution is 9.10. The van der Waals surface area contributed by atoms with Crippen molar-refractivity contribution < 1.29 is 13.5 Å². The van der Waals surface area contributed by atoms with Crippen LogP contribution in [0.25, 0.3) is 0 Å². The van der Waals surface area contributed by atoms with E-state index in [1.165, 1.54) is 24.4 Å². The maximum absolute atomic E-state index is 12.2. The third-order valence-corrected chi connectivity index (χ3v) is 4.82. The summed E-state index contributed by atoms with van der Waals surface area (Å²) in [5.41, 5.74) is 0.463. The fourth-order valence-electron chi connectivity index (χ4n) is 1.47. The highest BCUT2D eigenvalue weighted by Gasteiger charge is 2.17. The molecule has 0 aliphatic heterocycles. The number of anilines is 1. The molecule has 0 aliphatic rings. The van der Waals surface area contributed by atoms with Crippen molar-refractivity contribution in [2.24, 2.45) is 0 Å². The van der Waals surface area contributed by atoms with Gasteiger partial charge in [0, 0.05) is 11.2 Å². The average molecular weight is 378 g/mol. The fourth-order valence-corrected chi connectivity index (χ4v) is 3.32. The van der Waals surface area contributed by atoms with Crippen LogP contribution in [0.2, 0.25) is 5.02 Å². The van der Waals surface area contributed by atoms with Gasteiger partial charge in [-0.15, -0.1) is 0 Å². The monoisotopic (exact) mass is 376 g/mol. The van der Waals surface area contributed by atoms with E-state index in [0.717, 1.165) is 0 Å². The van der Waals surface area contributed by atoms with Crippen LogP contribution in [0.3, 0.4) is 0 Å². The molecule has 5 nitrogen and oxygen atoms in total. The van der Waals surface area contributed by atoms with Gasteiger partial charge in [-0.1, -0.05) is 17.7 Å². The van der Waals surface area contributed by atoms with Gasteiger partial charge in [0.1, 0.15) is 0 Å². The Balaban J connectivity index is 2.36. The number of aromatic nitrogens is 1. The lowest BCUT2D eigenvalue weighted by Crippen LogP contribution is -2.14. The highest BCUT2D eigenvalue weighted by Crippen LogP contribution is 2.25. The minimum atomic E-state index is -3.79. The molecule has 1 aromatic heterocycles. The topological polar surface area (TPSA) is 79.3 Å².